The molecule has 190 valence electrons. The normalized spacial score (nSPS) is 17.2. The highest BCUT2D eigenvalue weighted by atomic mass is 35.5. The molecule has 0 radical (unpaired) electrons. The van der Waals surface area contributed by atoms with Crippen LogP contribution in [0.25, 0.3) is 11.4 Å². The number of hydrogen-bond donors (Lipinski definition) is 0. The van der Waals surface area contributed by atoms with Gasteiger partial charge < -0.3 is 14.3 Å². The van der Waals surface area contributed by atoms with Crippen LogP contribution < -0.4 is 0 Å². The minimum atomic E-state index is -0.308. The van der Waals surface area contributed by atoms with Gasteiger partial charge in [0, 0.05) is 30.1 Å². The maximum Gasteiger partial charge on any atom is 0.249 e. The van der Waals surface area contributed by atoms with Crippen molar-refractivity contribution in [3.8, 4) is 11.4 Å². The lowest BCUT2D eigenvalue weighted by Gasteiger charge is -2.35. The van der Waals surface area contributed by atoms with E-state index in [1.807, 2.05) is 12.1 Å². The number of piperidine rings is 1. The van der Waals surface area contributed by atoms with Crippen LogP contribution in [-0.2, 0) is 9.59 Å². The third kappa shape index (κ3) is 7.66. The lowest BCUT2D eigenvalue weighted by atomic mass is 9.84. The van der Waals surface area contributed by atoms with Gasteiger partial charge >= 0.3 is 0 Å². The van der Waals surface area contributed by atoms with Gasteiger partial charge in [0.2, 0.25) is 23.5 Å². The quantitative estimate of drug-likeness (QED) is 0.399. The summed E-state index contributed by atoms with van der Waals surface area (Å²) in [5, 5.41) is 4.71. The first kappa shape index (κ1) is 26.9. The summed E-state index contributed by atoms with van der Waals surface area (Å²) in [4.78, 5) is 34.4. The molecule has 3 rings (SSSR count). The van der Waals surface area contributed by atoms with E-state index in [-0.39, 0.29) is 35.7 Å². The fourth-order valence-corrected chi connectivity index (χ4v) is 5.00. The van der Waals surface area contributed by atoms with Crippen LogP contribution in [0.4, 0.5) is 0 Å². The first-order valence-corrected chi connectivity index (χ1v) is 12.7. The summed E-state index contributed by atoms with van der Waals surface area (Å²) in [6.45, 7) is 13.3. The number of aromatic nitrogens is 2. The largest absolute Gasteiger partial charge is 0.337 e. The van der Waals surface area contributed by atoms with Crippen LogP contribution in [0.15, 0.2) is 41.4 Å². The molecule has 8 heteroatoms. The number of likely N-dealkylation sites (tertiary alicyclic amines) is 1. The number of amides is 2. The van der Waals surface area contributed by atoms with Gasteiger partial charge in [-0.3, -0.25) is 9.59 Å². The molecule has 1 aliphatic rings. The van der Waals surface area contributed by atoms with Gasteiger partial charge in [0.05, 0.1) is 0 Å². The van der Waals surface area contributed by atoms with Crippen LogP contribution in [0.1, 0.15) is 71.7 Å². The van der Waals surface area contributed by atoms with Crippen LogP contribution in [0.2, 0.25) is 5.02 Å². The van der Waals surface area contributed by atoms with Crippen molar-refractivity contribution in [1.29, 1.82) is 0 Å². The Labute approximate surface area is 213 Å². The van der Waals surface area contributed by atoms with Crippen LogP contribution in [0.3, 0.4) is 0 Å². The Hall–Kier alpha value is -2.67. The van der Waals surface area contributed by atoms with Gasteiger partial charge in [-0.15, -0.1) is 6.58 Å². The standard InChI is InChI=1S/C27H37ClN4O3/c1-6-13-31(23(33)15-19(2)17-27(3,4)5)18-24(34)32-14-8-7-12-22(32)26-29-25(30-35-26)20-10-9-11-21(28)16-20/h6,9-11,16,19,22H,1,7-8,12-15,17-18H2,2-5H3/t19-,22+/m1/s1. The van der Waals surface area contributed by atoms with E-state index in [2.05, 4.69) is 44.4 Å². The summed E-state index contributed by atoms with van der Waals surface area (Å²) >= 11 is 6.10. The summed E-state index contributed by atoms with van der Waals surface area (Å²) in [5.41, 5.74) is 0.904. The van der Waals surface area contributed by atoms with Crippen LogP contribution in [0.5, 0.6) is 0 Å². The van der Waals surface area contributed by atoms with E-state index in [0.717, 1.165) is 31.2 Å². The van der Waals surface area contributed by atoms with Gasteiger partial charge in [0.15, 0.2) is 0 Å². The monoisotopic (exact) mass is 500 g/mol. The molecule has 1 saturated heterocycles. The molecule has 0 spiro atoms. The van der Waals surface area contributed by atoms with Crippen LogP contribution in [-0.4, -0.2) is 51.4 Å². The van der Waals surface area contributed by atoms with Gasteiger partial charge in [-0.1, -0.05) is 62.7 Å². The second-order valence-electron chi connectivity index (χ2n) is 10.7. The molecular weight excluding hydrogens is 464 g/mol. The van der Waals surface area contributed by atoms with Crippen LogP contribution in [0, 0.1) is 11.3 Å². The molecular formula is C27H37ClN4O3. The zero-order chi connectivity index (χ0) is 25.6. The van der Waals surface area contributed by atoms with E-state index < -0.39 is 0 Å². The van der Waals surface area contributed by atoms with E-state index in [1.165, 1.54) is 0 Å². The molecule has 0 saturated carbocycles. The molecule has 2 atom stereocenters. The van der Waals surface area contributed by atoms with E-state index in [1.54, 1.807) is 28.0 Å². The lowest BCUT2D eigenvalue weighted by molar-refractivity contribution is -0.143. The van der Waals surface area contributed by atoms with Crippen molar-refractivity contribution in [3.05, 3.63) is 47.8 Å². The van der Waals surface area contributed by atoms with Gasteiger partial charge in [0.25, 0.3) is 0 Å². The minimum absolute atomic E-state index is 0.0128. The number of carbonyl (C=O) groups is 2. The van der Waals surface area contributed by atoms with Crippen molar-refractivity contribution in [3.63, 3.8) is 0 Å². The zero-order valence-corrected chi connectivity index (χ0v) is 22.1. The summed E-state index contributed by atoms with van der Waals surface area (Å²) in [6, 6.07) is 6.95. The third-order valence-electron chi connectivity index (χ3n) is 6.14. The van der Waals surface area contributed by atoms with E-state index >= 15 is 0 Å². The Balaban J connectivity index is 1.71. The predicted molar refractivity (Wildman–Crippen MR) is 138 cm³/mol. The number of halogens is 1. The summed E-state index contributed by atoms with van der Waals surface area (Å²) in [6.07, 6.45) is 5.62. The number of hydrogen-bond acceptors (Lipinski definition) is 5. The zero-order valence-electron chi connectivity index (χ0n) is 21.3. The first-order valence-electron chi connectivity index (χ1n) is 12.3. The van der Waals surface area contributed by atoms with Gasteiger partial charge in [0.1, 0.15) is 12.6 Å². The molecule has 1 aliphatic heterocycles. The molecule has 0 unspecified atom stereocenters. The average Bonchev–Trinajstić information content (AvgIpc) is 3.27. The highest BCUT2D eigenvalue weighted by Crippen LogP contribution is 2.32. The topological polar surface area (TPSA) is 79.5 Å². The molecule has 2 aromatic rings. The number of rotatable bonds is 9. The van der Waals surface area contributed by atoms with Crippen molar-refractivity contribution in [2.24, 2.45) is 11.3 Å². The fraction of sp³-hybridized carbons (Fsp3) is 0.556. The molecule has 7 nitrogen and oxygen atoms in total. The molecule has 0 aliphatic carbocycles. The second-order valence-corrected chi connectivity index (χ2v) is 11.1. The highest BCUT2D eigenvalue weighted by Gasteiger charge is 2.33. The van der Waals surface area contributed by atoms with Crippen LogP contribution >= 0.6 is 11.6 Å². The summed E-state index contributed by atoms with van der Waals surface area (Å²) in [5.74, 6) is 0.946. The molecule has 2 heterocycles. The van der Waals surface area contributed by atoms with Crippen molar-refractivity contribution in [1.82, 2.24) is 19.9 Å². The highest BCUT2D eigenvalue weighted by molar-refractivity contribution is 6.30. The maximum atomic E-state index is 13.4. The molecule has 35 heavy (non-hydrogen) atoms. The Morgan fingerprint density at radius 2 is 2.11 bits per heavy atom. The molecule has 0 bridgehead atoms. The predicted octanol–water partition coefficient (Wildman–Crippen LogP) is 5.92. The van der Waals surface area contributed by atoms with E-state index in [9.17, 15) is 9.59 Å². The summed E-state index contributed by atoms with van der Waals surface area (Å²) in [7, 11) is 0. The summed E-state index contributed by atoms with van der Waals surface area (Å²) < 4.78 is 5.58. The van der Waals surface area contributed by atoms with Gasteiger partial charge in [-0.25, -0.2) is 0 Å². The molecule has 2 amide bonds. The smallest absolute Gasteiger partial charge is 0.249 e. The Bertz CT molecular complexity index is 1030. The van der Waals surface area contributed by atoms with Gasteiger partial charge in [-0.2, -0.15) is 4.98 Å². The van der Waals surface area contributed by atoms with E-state index in [0.29, 0.717) is 36.2 Å². The lowest BCUT2D eigenvalue weighted by Crippen LogP contribution is -2.46. The number of carbonyl (C=O) groups excluding carboxylic acids is 2. The SMILES string of the molecule is C=CCN(CC(=O)N1CCCC[C@H]1c1nc(-c2cccc(Cl)c2)no1)C(=O)C[C@@H](C)CC(C)(C)C. The maximum absolute atomic E-state index is 13.4. The fourth-order valence-electron chi connectivity index (χ4n) is 4.81. The van der Waals surface area contributed by atoms with Crippen molar-refractivity contribution in [2.45, 2.75) is 65.8 Å². The Morgan fingerprint density at radius 1 is 1.34 bits per heavy atom. The van der Waals surface area contributed by atoms with E-state index in [4.69, 9.17) is 16.1 Å². The Morgan fingerprint density at radius 3 is 2.80 bits per heavy atom. The first-order chi connectivity index (χ1) is 16.6. The molecule has 1 fully saturated rings. The number of benzene rings is 1. The molecule has 0 N–H and O–H groups in total. The van der Waals surface area contributed by atoms with Crippen molar-refractivity contribution >= 4 is 23.4 Å². The molecule has 1 aromatic carbocycles. The third-order valence-corrected chi connectivity index (χ3v) is 6.38. The Kier molecular flexibility index (Phi) is 9.11. The van der Waals surface area contributed by atoms with Gasteiger partial charge in [-0.05, 0) is 49.1 Å². The second kappa shape index (κ2) is 11.8. The number of nitrogens with zero attached hydrogens (tertiary/aromatic N) is 4. The van der Waals surface area contributed by atoms with Crippen molar-refractivity contribution in [2.75, 3.05) is 19.6 Å². The van der Waals surface area contributed by atoms with Crippen molar-refractivity contribution < 1.29 is 14.1 Å². The minimum Gasteiger partial charge on any atom is -0.337 e. The average molecular weight is 501 g/mol. The molecule has 1 aromatic heterocycles.